The van der Waals surface area contributed by atoms with E-state index in [4.69, 9.17) is 37.0 Å². The summed E-state index contributed by atoms with van der Waals surface area (Å²) in [6.07, 6.45) is 10.4. The minimum absolute atomic E-state index is 0.342. The van der Waals surface area contributed by atoms with E-state index in [1.165, 1.54) is 44.2 Å². The quantitative estimate of drug-likeness (QED) is 0.0888. The molecule has 2 fully saturated rings. The van der Waals surface area contributed by atoms with Crippen molar-refractivity contribution in [3.8, 4) is 0 Å². The highest BCUT2D eigenvalue weighted by atomic mass is 28.4. The summed E-state index contributed by atoms with van der Waals surface area (Å²) in [5.41, 5.74) is 0. The number of rotatable bonds is 23. The molecule has 2 rings (SSSR count). The summed E-state index contributed by atoms with van der Waals surface area (Å²) < 4.78 is 45.0. The van der Waals surface area contributed by atoms with Crippen LogP contribution in [0.4, 0.5) is 0 Å². The van der Waals surface area contributed by atoms with Gasteiger partial charge < -0.3 is 37.0 Å². The highest BCUT2D eigenvalue weighted by molar-refractivity contribution is 6.84. The van der Waals surface area contributed by atoms with Crippen LogP contribution < -0.4 is 0 Å². The molecule has 246 valence electrons. The average molecular weight is 639 g/mol. The third-order valence-electron chi connectivity index (χ3n) is 7.56. The Bertz CT molecular complexity index is 613. The van der Waals surface area contributed by atoms with E-state index in [0.717, 1.165) is 58.3 Å². The molecule has 2 aliphatic rings. The summed E-state index contributed by atoms with van der Waals surface area (Å²) in [5, 5.41) is 0. The first-order chi connectivity index (χ1) is 19.5. The van der Waals surface area contributed by atoms with E-state index in [1.807, 2.05) is 0 Å². The summed E-state index contributed by atoms with van der Waals surface area (Å²) in [6.45, 7) is 21.1. The third-order valence-corrected chi connectivity index (χ3v) is 17.6. The van der Waals surface area contributed by atoms with Crippen molar-refractivity contribution in [1.29, 1.82) is 0 Å². The Labute approximate surface area is 256 Å². The molecule has 0 bridgehead atoms. The van der Waals surface area contributed by atoms with Crippen molar-refractivity contribution in [3.63, 3.8) is 0 Å². The predicted octanol–water partition coefficient (Wildman–Crippen LogP) is 6.87. The molecule has 2 heterocycles. The van der Waals surface area contributed by atoms with Crippen molar-refractivity contribution in [2.24, 2.45) is 0 Å². The molecule has 41 heavy (non-hydrogen) atoms. The van der Waals surface area contributed by atoms with Crippen LogP contribution in [0.25, 0.3) is 0 Å². The molecule has 0 spiro atoms. The van der Waals surface area contributed by atoms with Crippen molar-refractivity contribution >= 4 is 25.0 Å². The van der Waals surface area contributed by atoms with Crippen molar-refractivity contribution < 1.29 is 37.0 Å². The van der Waals surface area contributed by atoms with Crippen molar-refractivity contribution in [3.05, 3.63) is 0 Å². The van der Waals surface area contributed by atoms with Crippen LogP contribution in [-0.2, 0) is 37.0 Å². The molecule has 0 radical (unpaired) electrons. The van der Waals surface area contributed by atoms with Crippen LogP contribution in [0.2, 0.25) is 57.4 Å². The van der Waals surface area contributed by atoms with Gasteiger partial charge in [0.1, 0.15) is 0 Å². The van der Waals surface area contributed by atoms with Gasteiger partial charge in [-0.1, -0.05) is 6.42 Å². The fraction of sp³-hybridized carbons (Fsp3) is 1.00. The zero-order chi connectivity index (χ0) is 30.5. The third kappa shape index (κ3) is 22.5. The SMILES string of the molecule is COCCOCCC[Si](C)(C)OCC1CCCO1.COCCOCCC[Si](C)(C)O[Si](C)(C)CCCC1CCCO1. The Balaban J connectivity index is 0.000000422. The van der Waals surface area contributed by atoms with Gasteiger partial charge in [-0.25, -0.2) is 0 Å². The maximum absolute atomic E-state index is 6.67. The van der Waals surface area contributed by atoms with Crippen LogP contribution in [0.3, 0.4) is 0 Å². The first kappa shape index (κ1) is 39.4. The first-order valence-electron chi connectivity index (χ1n) is 16.2. The molecule has 0 aromatic carbocycles. The topological polar surface area (TPSA) is 73.8 Å². The number of hydrogen-bond donors (Lipinski definition) is 0. The summed E-state index contributed by atoms with van der Waals surface area (Å²) in [5.74, 6) is 0. The average Bonchev–Trinajstić information content (AvgIpc) is 3.61. The molecule has 0 amide bonds. The van der Waals surface area contributed by atoms with E-state index in [0.29, 0.717) is 38.6 Å². The van der Waals surface area contributed by atoms with Crippen LogP contribution in [-0.4, -0.2) is 111 Å². The number of ether oxygens (including phenoxy) is 6. The molecule has 2 atom stereocenters. The van der Waals surface area contributed by atoms with Crippen molar-refractivity contribution in [2.45, 2.75) is 121 Å². The maximum atomic E-state index is 6.67. The lowest BCUT2D eigenvalue weighted by molar-refractivity contribution is 0.0624. The molecule has 0 aromatic heterocycles. The van der Waals surface area contributed by atoms with Crippen LogP contribution >= 0.6 is 0 Å². The van der Waals surface area contributed by atoms with Crippen molar-refractivity contribution in [2.75, 3.05) is 73.7 Å². The molecule has 0 saturated carbocycles. The Morgan fingerprint density at radius 3 is 1.56 bits per heavy atom. The van der Waals surface area contributed by atoms with Crippen molar-refractivity contribution in [1.82, 2.24) is 0 Å². The summed E-state index contributed by atoms with van der Waals surface area (Å²) in [4.78, 5) is 0. The lowest BCUT2D eigenvalue weighted by Gasteiger charge is -2.34. The second-order valence-electron chi connectivity index (χ2n) is 13.3. The highest BCUT2D eigenvalue weighted by Gasteiger charge is 2.32. The molecule has 2 saturated heterocycles. The standard InChI is InChI=1S/C17H38O4Si2.C13H28O4Si/c1-18-13-14-19-11-8-16-23(4,5)21-22(2,3)15-7-10-17-9-6-12-20-17;1-14-9-10-15-7-5-11-18(2,3)17-12-13-6-4-8-16-13/h17H,6-16H2,1-5H3;13H,4-12H2,1-3H3. The summed E-state index contributed by atoms with van der Waals surface area (Å²) in [6, 6.07) is 3.59. The molecule has 2 aliphatic heterocycles. The Hall–Kier alpha value is 0.331. The van der Waals surface area contributed by atoms with Crippen LogP contribution in [0.1, 0.15) is 51.4 Å². The number of hydrogen-bond acceptors (Lipinski definition) is 8. The predicted molar refractivity (Wildman–Crippen MR) is 176 cm³/mol. The van der Waals surface area contributed by atoms with Gasteiger partial charge in [0.15, 0.2) is 25.0 Å². The fourth-order valence-electron chi connectivity index (χ4n) is 5.33. The van der Waals surface area contributed by atoms with Gasteiger partial charge in [0, 0.05) is 40.6 Å². The second-order valence-corrected chi connectivity index (χ2v) is 26.4. The van der Waals surface area contributed by atoms with Gasteiger partial charge >= 0.3 is 0 Å². The lowest BCUT2D eigenvalue weighted by atomic mass is 10.1. The molecule has 0 aliphatic carbocycles. The largest absolute Gasteiger partial charge is 0.455 e. The number of methoxy groups -OCH3 is 2. The molecule has 11 heteroatoms. The fourth-order valence-corrected chi connectivity index (χ4v) is 16.0. The van der Waals surface area contributed by atoms with E-state index >= 15 is 0 Å². The van der Waals surface area contributed by atoms with E-state index in [2.05, 4.69) is 39.3 Å². The van der Waals surface area contributed by atoms with Crippen LogP contribution in [0.5, 0.6) is 0 Å². The van der Waals surface area contributed by atoms with E-state index in [1.54, 1.807) is 14.2 Å². The minimum Gasteiger partial charge on any atom is -0.455 e. The second kappa shape index (κ2) is 22.8. The Kier molecular flexibility index (Phi) is 21.9. The van der Waals surface area contributed by atoms with E-state index < -0.39 is 25.0 Å². The maximum Gasteiger partial charge on any atom is 0.186 e. The summed E-state index contributed by atoms with van der Waals surface area (Å²) >= 11 is 0. The van der Waals surface area contributed by atoms with Gasteiger partial charge in [-0.15, -0.1) is 0 Å². The molecule has 0 aromatic rings. The van der Waals surface area contributed by atoms with Gasteiger partial charge in [-0.3, -0.25) is 0 Å². The Morgan fingerprint density at radius 1 is 0.585 bits per heavy atom. The Morgan fingerprint density at radius 2 is 1.07 bits per heavy atom. The van der Waals surface area contributed by atoms with E-state index in [9.17, 15) is 0 Å². The normalized spacial score (nSPS) is 19.9. The van der Waals surface area contributed by atoms with Crippen LogP contribution in [0.15, 0.2) is 0 Å². The summed E-state index contributed by atoms with van der Waals surface area (Å²) in [7, 11) is -1.25. The molecular weight excluding hydrogens is 573 g/mol. The monoisotopic (exact) mass is 638 g/mol. The van der Waals surface area contributed by atoms with Gasteiger partial charge in [-0.05, 0) is 102 Å². The zero-order valence-corrected chi connectivity index (χ0v) is 31.1. The smallest absolute Gasteiger partial charge is 0.186 e. The lowest BCUT2D eigenvalue weighted by Crippen LogP contribution is -2.44. The van der Waals surface area contributed by atoms with E-state index in [-0.39, 0.29) is 0 Å². The minimum atomic E-state index is -1.57. The highest BCUT2D eigenvalue weighted by Crippen LogP contribution is 2.26. The van der Waals surface area contributed by atoms with Crippen LogP contribution in [0, 0.1) is 0 Å². The first-order valence-corrected chi connectivity index (χ1v) is 25.5. The van der Waals surface area contributed by atoms with Gasteiger partial charge in [0.25, 0.3) is 0 Å². The molecule has 2 unspecified atom stereocenters. The van der Waals surface area contributed by atoms with Gasteiger partial charge in [0.2, 0.25) is 0 Å². The van der Waals surface area contributed by atoms with Gasteiger partial charge in [-0.2, -0.15) is 0 Å². The molecule has 8 nitrogen and oxygen atoms in total. The molecular formula is C30H66O8Si3. The zero-order valence-electron chi connectivity index (χ0n) is 28.1. The molecule has 0 N–H and O–H groups in total. The van der Waals surface area contributed by atoms with Gasteiger partial charge in [0.05, 0.1) is 45.2 Å².